The number of rotatable bonds is 10. The van der Waals surface area contributed by atoms with Crippen LogP contribution in [0, 0.1) is 11.7 Å². The third-order valence-electron chi connectivity index (χ3n) is 7.94. The molecule has 1 unspecified atom stereocenters. The number of benzene rings is 3. The van der Waals surface area contributed by atoms with Crippen LogP contribution in [0.3, 0.4) is 0 Å². The summed E-state index contributed by atoms with van der Waals surface area (Å²) in [5.41, 5.74) is 2.69. The Bertz CT molecular complexity index is 1070. The lowest BCUT2D eigenvalue weighted by atomic mass is 9.68. The molecule has 0 aliphatic carbocycles. The summed E-state index contributed by atoms with van der Waals surface area (Å²) in [6.07, 6.45) is 1.53. The number of hydrogen-bond donors (Lipinski definition) is 0. The molecule has 4 nitrogen and oxygen atoms in total. The van der Waals surface area contributed by atoms with Gasteiger partial charge in [0.25, 0.3) is 0 Å². The monoisotopic (exact) mass is 502 g/mol. The maximum absolute atomic E-state index is 13.6. The molecule has 0 radical (unpaired) electrons. The van der Waals surface area contributed by atoms with E-state index >= 15 is 0 Å². The molecule has 0 bridgehead atoms. The van der Waals surface area contributed by atoms with Gasteiger partial charge in [0.15, 0.2) is 0 Å². The van der Waals surface area contributed by atoms with Gasteiger partial charge in [-0.15, -0.1) is 0 Å². The summed E-state index contributed by atoms with van der Waals surface area (Å²) < 4.78 is 18.9. The van der Waals surface area contributed by atoms with Gasteiger partial charge >= 0.3 is 5.97 Å². The molecule has 1 saturated heterocycles. The van der Waals surface area contributed by atoms with Crippen LogP contribution in [-0.4, -0.2) is 55.6 Å². The Morgan fingerprint density at radius 2 is 1.41 bits per heavy atom. The first kappa shape index (κ1) is 27.0. The molecule has 0 saturated carbocycles. The lowest BCUT2D eigenvalue weighted by molar-refractivity contribution is -0.150. The van der Waals surface area contributed by atoms with E-state index in [1.165, 1.54) is 30.4 Å². The molecule has 1 atom stereocenters. The average molecular weight is 503 g/mol. The van der Waals surface area contributed by atoms with Crippen LogP contribution in [0.1, 0.15) is 49.4 Å². The molecule has 1 heterocycles. The van der Waals surface area contributed by atoms with Crippen molar-refractivity contribution in [2.45, 2.75) is 38.1 Å². The average Bonchev–Trinajstić information content (AvgIpc) is 2.93. The van der Waals surface area contributed by atoms with Crippen molar-refractivity contribution >= 4 is 5.97 Å². The highest BCUT2D eigenvalue weighted by Crippen LogP contribution is 2.39. The quantitative estimate of drug-likeness (QED) is 0.315. The smallest absolute Gasteiger partial charge is 0.316 e. The Balaban J connectivity index is 1.41. The minimum Gasteiger partial charge on any atom is -0.468 e. The summed E-state index contributed by atoms with van der Waals surface area (Å²) >= 11 is 0. The van der Waals surface area contributed by atoms with Gasteiger partial charge in [0.1, 0.15) is 5.82 Å². The van der Waals surface area contributed by atoms with Crippen LogP contribution in [0.25, 0.3) is 0 Å². The number of nitrogens with zero attached hydrogens (tertiary/aromatic N) is 2. The van der Waals surface area contributed by atoms with E-state index < -0.39 is 5.41 Å². The Morgan fingerprint density at radius 1 is 0.865 bits per heavy atom. The topological polar surface area (TPSA) is 32.8 Å². The molecule has 1 aliphatic rings. The van der Waals surface area contributed by atoms with Crippen molar-refractivity contribution in [3.63, 3.8) is 0 Å². The Morgan fingerprint density at radius 3 is 1.89 bits per heavy atom. The SMILES string of the molecule is COC(=O)C(CCCN1CCN(C(c2ccccc2)c2ccccc2)CC1)(c1ccc(F)cc1)C(C)C. The molecule has 5 heteroatoms. The van der Waals surface area contributed by atoms with E-state index in [2.05, 4.69) is 70.5 Å². The molecule has 196 valence electrons. The minimum absolute atomic E-state index is 0.0276. The summed E-state index contributed by atoms with van der Waals surface area (Å²) in [6.45, 7) is 8.96. The molecule has 0 spiro atoms. The predicted molar refractivity (Wildman–Crippen MR) is 147 cm³/mol. The summed E-state index contributed by atoms with van der Waals surface area (Å²) in [7, 11) is 1.44. The number of carbonyl (C=O) groups is 1. The standard InChI is InChI=1S/C32H39FN2O2/c1-25(2)32(31(36)37-3,28-15-17-29(33)18-16-28)19-10-20-34-21-23-35(24-22-34)30(26-11-6-4-7-12-26)27-13-8-5-9-14-27/h4-9,11-18,25,30H,10,19-24H2,1-3H3. The summed E-state index contributed by atoms with van der Waals surface area (Å²) in [5.74, 6) is -0.513. The second kappa shape index (κ2) is 12.5. The van der Waals surface area contributed by atoms with Gasteiger partial charge in [-0.2, -0.15) is 0 Å². The number of esters is 1. The number of piperazine rings is 1. The zero-order chi connectivity index (χ0) is 26.3. The first-order valence-electron chi connectivity index (χ1n) is 13.4. The van der Waals surface area contributed by atoms with Crippen LogP contribution in [0.4, 0.5) is 4.39 Å². The molecule has 0 aromatic heterocycles. The Labute approximate surface area is 221 Å². The van der Waals surface area contributed by atoms with Crippen LogP contribution < -0.4 is 0 Å². The van der Waals surface area contributed by atoms with Crippen molar-refractivity contribution in [2.24, 2.45) is 5.92 Å². The maximum atomic E-state index is 13.6. The highest BCUT2D eigenvalue weighted by Gasteiger charge is 2.44. The summed E-state index contributed by atoms with van der Waals surface area (Å²) in [6, 6.07) is 28.1. The number of hydrogen-bond acceptors (Lipinski definition) is 4. The molecular formula is C32H39FN2O2. The van der Waals surface area contributed by atoms with Gasteiger partial charge in [-0.1, -0.05) is 86.6 Å². The lowest BCUT2D eigenvalue weighted by Gasteiger charge is -2.40. The van der Waals surface area contributed by atoms with E-state index in [-0.39, 0.29) is 23.7 Å². The van der Waals surface area contributed by atoms with E-state index in [4.69, 9.17) is 4.74 Å². The van der Waals surface area contributed by atoms with E-state index in [1.54, 1.807) is 12.1 Å². The molecule has 37 heavy (non-hydrogen) atoms. The Hall–Kier alpha value is -3.02. The predicted octanol–water partition coefficient (Wildman–Crippen LogP) is 6.08. The van der Waals surface area contributed by atoms with Gasteiger partial charge in [0, 0.05) is 26.2 Å². The zero-order valence-corrected chi connectivity index (χ0v) is 22.3. The minimum atomic E-state index is -0.782. The molecule has 0 amide bonds. The van der Waals surface area contributed by atoms with E-state index in [1.807, 2.05) is 13.8 Å². The van der Waals surface area contributed by atoms with Crippen molar-refractivity contribution in [2.75, 3.05) is 39.8 Å². The van der Waals surface area contributed by atoms with Crippen molar-refractivity contribution in [1.29, 1.82) is 0 Å². The van der Waals surface area contributed by atoms with Crippen LogP contribution in [-0.2, 0) is 14.9 Å². The van der Waals surface area contributed by atoms with E-state index in [0.29, 0.717) is 6.42 Å². The second-order valence-electron chi connectivity index (χ2n) is 10.3. The van der Waals surface area contributed by atoms with Gasteiger partial charge in [-0.25, -0.2) is 4.39 Å². The molecule has 0 N–H and O–H groups in total. The number of ether oxygens (including phenoxy) is 1. The fraction of sp³-hybridized carbons (Fsp3) is 0.406. The molecule has 4 rings (SSSR count). The second-order valence-corrected chi connectivity index (χ2v) is 10.3. The molecule has 3 aromatic rings. The zero-order valence-electron chi connectivity index (χ0n) is 22.3. The van der Waals surface area contributed by atoms with Gasteiger partial charge in [-0.05, 0) is 54.1 Å². The van der Waals surface area contributed by atoms with Crippen LogP contribution in [0.2, 0.25) is 0 Å². The van der Waals surface area contributed by atoms with Crippen molar-refractivity contribution < 1.29 is 13.9 Å². The van der Waals surface area contributed by atoms with Gasteiger partial charge in [-0.3, -0.25) is 9.69 Å². The molecule has 1 fully saturated rings. The van der Waals surface area contributed by atoms with Gasteiger partial charge < -0.3 is 9.64 Å². The fourth-order valence-electron chi connectivity index (χ4n) is 5.86. The molecular weight excluding hydrogens is 463 g/mol. The number of methoxy groups -OCH3 is 1. The van der Waals surface area contributed by atoms with E-state index in [9.17, 15) is 9.18 Å². The normalized spacial score (nSPS) is 16.6. The highest BCUT2D eigenvalue weighted by molar-refractivity contribution is 5.83. The van der Waals surface area contributed by atoms with Crippen molar-refractivity contribution in [1.82, 2.24) is 9.80 Å². The van der Waals surface area contributed by atoms with Crippen LogP contribution in [0.15, 0.2) is 84.9 Å². The van der Waals surface area contributed by atoms with Crippen molar-refractivity contribution in [3.8, 4) is 0 Å². The first-order chi connectivity index (χ1) is 18.0. The highest BCUT2D eigenvalue weighted by atomic mass is 19.1. The Kier molecular flexibility index (Phi) is 9.12. The fourth-order valence-corrected chi connectivity index (χ4v) is 5.86. The maximum Gasteiger partial charge on any atom is 0.316 e. The van der Waals surface area contributed by atoms with Gasteiger partial charge in [0.05, 0.1) is 18.6 Å². The van der Waals surface area contributed by atoms with Crippen LogP contribution >= 0.6 is 0 Å². The largest absolute Gasteiger partial charge is 0.468 e. The van der Waals surface area contributed by atoms with Crippen molar-refractivity contribution in [3.05, 3.63) is 107 Å². The molecule has 1 aliphatic heterocycles. The van der Waals surface area contributed by atoms with E-state index in [0.717, 1.165) is 44.7 Å². The third kappa shape index (κ3) is 6.11. The molecule has 3 aromatic carbocycles. The lowest BCUT2D eigenvalue weighted by Crippen LogP contribution is -2.48. The summed E-state index contributed by atoms with van der Waals surface area (Å²) in [5, 5.41) is 0. The third-order valence-corrected chi connectivity index (χ3v) is 7.94. The van der Waals surface area contributed by atoms with Gasteiger partial charge in [0.2, 0.25) is 0 Å². The first-order valence-corrected chi connectivity index (χ1v) is 13.4. The number of halogens is 1. The summed E-state index contributed by atoms with van der Waals surface area (Å²) in [4.78, 5) is 18.2. The van der Waals surface area contributed by atoms with Crippen LogP contribution in [0.5, 0.6) is 0 Å². The number of carbonyl (C=O) groups excluding carboxylic acids is 1.